The molecule has 1 saturated carbocycles. The van der Waals surface area contributed by atoms with Gasteiger partial charge >= 0.3 is 6.18 Å². The van der Waals surface area contributed by atoms with E-state index in [1.54, 1.807) is 0 Å². The number of benzene rings is 1. The zero-order valence-electron chi connectivity index (χ0n) is 13.6. The van der Waals surface area contributed by atoms with E-state index in [1.807, 2.05) is 16.8 Å². The molecule has 3 aromatic rings. The van der Waals surface area contributed by atoms with E-state index in [0.29, 0.717) is 18.0 Å². The third kappa shape index (κ3) is 3.53. The van der Waals surface area contributed by atoms with E-state index in [4.69, 9.17) is 0 Å². The topological polar surface area (TPSA) is 55.6 Å². The quantitative estimate of drug-likeness (QED) is 0.647. The maximum Gasteiger partial charge on any atom is 0.433 e. The summed E-state index contributed by atoms with van der Waals surface area (Å²) in [6, 6.07) is 6.27. The Hall–Kier alpha value is -2.16. The monoisotopic (exact) mass is 425 g/mol. The molecule has 0 radical (unpaired) electrons. The molecule has 0 unspecified atom stereocenters. The van der Waals surface area contributed by atoms with Gasteiger partial charge in [-0.25, -0.2) is 4.68 Å². The lowest BCUT2D eigenvalue weighted by atomic mass is 10.2. The molecular weight excluding hydrogens is 411 g/mol. The van der Waals surface area contributed by atoms with E-state index in [2.05, 4.69) is 36.5 Å². The van der Waals surface area contributed by atoms with E-state index < -0.39 is 11.9 Å². The summed E-state index contributed by atoms with van der Waals surface area (Å²) in [6.45, 7) is 1.23. The van der Waals surface area contributed by atoms with Crippen LogP contribution in [0.4, 0.5) is 18.9 Å². The fourth-order valence-corrected chi connectivity index (χ4v) is 3.27. The minimum absolute atomic E-state index is 0.353. The maximum atomic E-state index is 12.6. The molecular formula is C17H15BrF3N5. The van der Waals surface area contributed by atoms with Gasteiger partial charge in [0.1, 0.15) is 11.2 Å². The second kappa shape index (κ2) is 6.53. The van der Waals surface area contributed by atoms with Crippen LogP contribution in [0.25, 0.3) is 11.0 Å². The van der Waals surface area contributed by atoms with E-state index in [1.165, 1.54) is 25.1 Å². The minimum atomic E-state index is -4.42. The highest BCUT2D eigenvalue weighted by molar-refractivity contribution is 9.10. The highest BCUT2D eigenvalue weighted by atomic mass is 79.9. The van der Waals surface area contributed by atoms with Crippen LogP contribution in [0, 0.1) is 5.92 Å². The first-order valence-corrected chi connectivity index (χ1v) is 8.99. The van der Waals surface area contributed by atoms with E-state index in [-0.39, 0.29) is 0 Å². The molecule has 136 valence electrons. The fourth-order valence-electron chi connectivity index (χ4n) is 2.72. The molecule has 0 atom stereocenters. The lowest BCUT2D eigenvalue weighted by molar-refractivity contribution is -0.141. The number of nitrogens with one attached hydrogen (secondary N) is 1. The molecule has 2 heterocycles. The molecule has 1 aliphatic carbocycles. The lowest BCUT2D eigenvalue weighted by Gasteiger charge is -2.10. The van der Waals surface area contributed by atoms with Gasteiger partial charge in [0.2, 0.25) is 0 Å². The Labute approximate surface area is 155 Å². The third-order valence-corrected chi connectivity index (χ3v) is 5.15. The van der Waals surface area contributed by atoms with Crippen molar-refractivity contribution in [1.82, 2.24) is 20.0 Å². The van der Waals surface area contributed by atoms with Gasteiger partial charge < -0.3 is 5.32 Å². The molecule has 2 aromatic heterocycles. The summed E-state index contributed by atoms with van der Waals surface area (Å²) in [6.07, 6.45) is -0.715. The van der Waals surface area contributed by atoms with E-state index >= 15 is 0 Å². The number of alkyl halides is 3. The molecule has 0 saturated heterocycles. The Morgan fingerprint density at radius 1 is 1.19 bits per heavy atom. The molecule has 1 aliphatic rings. The van der Waals surface area contributed by atoms with Gasteiger partial charge in [0, 0.05) is 19.3 Å². The molecule has 0 amide bonds. The van der Waals surface area contributed by atoms with Crippen molar-refractivity contribution in [3.8, 4) is 0 Å². The molecule has 5 nitrogen and oxygen atoms in total. The van der Waals surface area contributed by atoms with Crippen molar-refractivity contribution in [3.63, 3.8) is 0 Å². The standard InChI is InChI=1S/C17H15BrF3N5/c18-15-12(22-7-11-3-6-14(23-8-11)17(19,20)21)4-5-13-16(15)24-25-26(13)9-10-1-2-10/h3-6,8,10,22H,1-2,7,9H2. The average molecular weight is 426 g/mol. The summed E-state index contributed by atoms with van der Waals surface area (Å²) in [5, 5.41) is 11.7. The Balaban J connectivity index is 1.49. The zero-order chi connectivity index (χ0) is 18.3. The molecule has 1 N–H and O–H groups in total. The Bertz CT molecular complexity index is 932. The summed E-state index contributed by atoms with van der Waals surface area (Å²) in [7, 11) is 0. The van der Waals surface area contributed by atoms with Gasteiger partial charge in [-0.05, 0) is 58.5 Å². The first-order chi connectivity index (χ1) is 12.4. The van der Waals surface area contributed by atoms with Gasteiger partial charge in [0.15, 0.2) is 0 Å². The Morgan fingerprint density at radius 2 is 2.00 bits per heavy atom. The van der Waals surface area contributed by atoms with Crippen LogP contribution in [0.3, 0.4) is 0 Å². The van der Waals surface area contributed by atoms with Crippen LogP contribution >= 0.6 is 15.9 Å². The summed E-state index contributed by atoms with van der Waals surface area (Å²) >= 11 is 3.55. The fraction of sp³-hybridized carbons (Fsp3) is 0.353. The van der Waals surface area contributed by atoms with Crippen molar-refractivity contribution in [2.75, 3.05) is 5.32 Å². The molecule has 4 rings (SSSR count). The molecule has 26 heavy (non-hydrogen) atoms. The summed E-state index contributed by atoms with van der Waals surface area (Å²) in [4.78, 5) is 3.47. The number of anilines is 1. The van der Waals surface area contributed by atoms with E-state index in [9.17, 15) is 13.2 Å². The van der Waals surface area contributed by atoms with Crippen LogP contribution in [0.1, 0.15) is 24.1 Å². The summed E-state index contributed by atoms with van der Waals surface area (Å²) < 4.78 is 40.4. The number of rotatable bonds is 5. The van der Waals surface area contributed by atoms with Crippen molar-refractivity contribution < 1.29 is 13.2 Å². The molecule has 1 fully saturated rings. The lowest BCUT2D eigenvalue weighted by Crippen LogP contribution is -2.08. The molecule has 9 heteroatoms. The Morgan fingerprint density at radius 3 is 2.65 bits per heavy atom. The third-order valence-electron chi connectivity index (χ3n) is 4.35. The number of halogens is 4. The van der Waals surface area contributed by atoms with Gasteiger partial charge in [-0.1, -0.05) is 11.3 Å². The van der Waals surface area contributed by atoms with Crippen molar-refractivity contribution in [1.29, 1.82) is 0 Å². The van der Waals surface area contributed by atoms with Crippen LogP contribution in [-0.4, -0.2) is 20.0 Å². The zero-order valence-corrected chi connectivity index (χ0v) is 15.2. The van der Waals surface area contributed by atoms with Crippen LogP contribution in [-0.2, 0) is 19.3 Å². The molecule has 0 bridgehead atoms. The molecule has 0 aliphatic heterocycles. The first-order valence-electron chi connectivity index (χ1n) is 8.19. The van der Waals surface area contributed by atoms with Gasteiger partial charge in [-0.3, -0.25) is 4.98 Å². The molecule has 1 aromatic carbocycles. The van der Waals surface area contributed by atoms with E-state index in [0.717, 1.165) is 33.8 Å². The highest BCUT2D eigenvalue weighted by Crippen LogP contribution is 2.34. The van der Waals surface area contributed by atoms with Gasteiger partial charge in [0.05, 0.1) is 15.7 Å². The summed E-state index contributed by atoms with van der Waals surface area (Å²) in [5.41, 5.74) is 2.29. The smallest absolute Gasteiger partial charge is 0.380 e. The van der Waals surface area contributed by atoms with Crippen molar-refractivity contribution >= 4 is 32.7 Å². The number of hydrogen-bond acceptors (Lipinski definition) is 4. The minimum Gasteiger partial charge on any atom is -0.380 e. The predicted molar refractivity (Wildman–Crippen MR) is 94.5 cm³/mol. The average Bonchev–Trinajstić information content (AvgIpc) is 3.33. The van der Waals surface area contributed by atoms with Crippen LogP contribution in [0.2, 0.25) is 0 Å². The van der Waals surface area contributed by atoms with Gasteiger partial charge in [-0.15, -0.1) is 5.10 Å². The van der Waals surface area contributed by atoms with Crippen molar-refractivity contribution in [2.45, 2.75) is 32.1 Å². The first kappa shape index (κ1) is 17.3. The number of nitrogens with zero attached hydrogens (tertiary/aromatic N) is 4. The number of hydrogen-bond donors (Lipinski definition) is 1. The second-order valence-corrected chi connectivity index (χ2v) is 7.21. The van der Waals surface area contributed by atoms with Crippen LogP contribution < -0.4 is 5.32 Å². The van der Waals surface area contributed by atoms with Crippen molar-refractivity contribution in [3.05, 3.63) is 46.2 Å². The Kier molecular flexibility index (Phi) is 4.34. The number of pyridine rings is 1. The number of aromatic nitrogens is 4. The van der Waals surface area contributed by atoms with Crippen LogP contribution in [0.5, 0.6) is 0 Å². The molecule has 0 spiro atoms. The summed E-state index contributed by atoms with van der Waals surface area (Å²) in [5.74, 6) is 0.698. The highest BCUT2D eigenvalue weighted by Gasteiger charge is 2.32. The second-order valence-electron chi connectivity index (χ2n) is 6.41. The predicted octanol–water partition coefficient (Wildman–Crippen LogP) is 4.63. The van der Waals surface area contributed by atoms with Gasteiger partial charge in [0.25, 0.3) is 0 Å². The number of fused-ring (bicyclic) bond motifs is 1. The van der Waals surface area contributed by atoms with Crippen LogP contribution in [0.15, 0.2) is 34.9 Å². The maximum absolute atomic E-state index is 12.6. The van der Waals surface area contributed by atoms with Crippen molar-refractivity contribution in [2.24, 2.45) is 5.92 Å². The SMILES string of the molecule is FC(F)(F)c1ccc(CNc2ccc3c(nnn3CC3CC3)c2Br)cn1. The normalized spacial score (nSPS) is 14.8. The van der Waals surface area contributed by atoms with Gasteiger partial charge in [-0.2, -0.15) is 13.2 Å². The largest absolute Gasteiger partial charge is 0.433 e.